The van der Waals surface area contributed by atoms with Crippen molar-refractivity contribution in [1.82, 2.24) is 4.31 Å². The maximum Gasteiger partial charge on any atom is 0.243 e. The molecule has 0 bridgehead atoms. The van der Waals surface area contributed by atoms with Gasteiger partial charge in [-0.3, -0.25) is 0 Å². The van der Waals surface area contributed by atoms with E-state index in [2.05, 4.69) is 0 Å². The molecule has 2 saturated heterocycles. The Hall–Kier alpha value is -1.06. The van der Waals surface area contributed by atoms with Gasteiger partial charge in [-0.1, -0.05) is 6.07 Å². The highest BCUT2D eigenvalue weighted by Crippen LogP contribution is 2.37. The summed E-state index contributed by atoms with van der Waals surface area (Å²) in [7, 11) is -3.69. The lowest BCUT2D eigenvalue weighted by molar-refractivity contribution is -0.152. The second kappa shape index (κ2) is 7.67. The van der Waals surface area contributed by atoms with Crippen LogP contribution in [0, 0.1) is 5.82 Å². The average molecular weight is 373 g/mol. The number of halogens is 1. The molecule has 0 saturated carbocycles. The molecule has 140 valence electrons. The Morgan fingerprint density at radius 3 is 2.80 bits per heavy atom. The predicted octanol–water partition coefficient (Wildman–Crippen LogP) is 1.54. The minimum atomic E-state index is -3.69. The van der Waals surface area contributed by atoms with Gasteiger partial charge in [0.05, 0.1) is 29.8 Å². The van der Waals surface area contributed by atoms with E-state index in [1.807, 2.05) is 0 Å². The largest absolute Gasteiger partial charge is 0.394 e. The lowest BCUT2D eigenvalue weighted by Gasteiger charge is -2.45. The fraction of sp³-hybridized carbons (Fsp3) is 0.647. The Labute approximate surface area is 147 Å². The summed E-state index contributed by atoms with van der Waals surface area (Å²) in [6.45, 7) is 1.55. The monoisotopic (exact) mass is 373 g/mol. The number of aliphatic hydroxyl groups excluding tert-OH is 1. The maximum absolute atomic E-state index is 13.4. The van der Waals surface area contributed by atoms with Crippen LogP contribution in [0.3, 0.4) is 0 Å². The smallest absolute Gasteiger partial charge is 0.243 e. The van der Waals surface area contributed by atoms with Gasteiger partial charge in [0.2, 0.25) is 10.0 Å². The SMILES string of the molecule is O=S(=O)(c1cccc(F)c1)N1CCC2(CC1)CC(OCCO)CCO2. The molecule has 0 aromatic heterocycles. The molecule has 1 atom stereocenters. The van der Waals surface area contributed by atoms with Crippen molar-refractivity contribution in [2.45, 2.75) is 42.3 Å². The summed E-state index contributed by atoms with van der Waals surface area (Å²) in [6, 6.07) is 5.10. The Morgan fingerprint density at radius 2 is 2.12 bits per heavy atom. The predicted molar refractivity (Wildman–Crippen MR) is 89.1 cm³/mol. The molecule has 2 aliphatic heterocycles. The van der Waals surface area contributed by atoms with E-state index < -0.39 is 15.8 Å². The highest BCUT2D eigenvalue weighted by molar-refractivity contribution is 7.89. The van der Waals surface area contributed by atoms with Gasteiger partial charge >= 0.3 is 0 Å². The molecule has 1 N–H and O–H groups in total. The van der Waals surface area contributed by atoms with Gasteiger partial charge in [-0.05, 0) is 37.5 Å². The van der Waals surface area contributed by atoms with Crippen molar-refractivity contribution in [3.8, 4) is 0 Å². The van der Waals surface area contributed by atoms with Crippen LogP contribution in [0.1, 0.15) is 25.7 Å². The molecule has 8 heteroatoms. The van der Waals surface area contributed by atoms with Crippen molar-refractivity contribution < 1.29 is 27.4 Å². The molecule has 3 rings (SSSR count). The van der Waals surface area contributed by atoms with E-state index in [0.717, 1.165) is 12.5 Å². The molecule has 6 nitrogen and oxygen atoms in total. The molecule has 1 spiro atoms. The summed E-state index contributed by atoms with van der Waals surface area (Å²) in [6.07, 6.45) is 2.70. The van der Waals surface area contributed by atoms with Crippen LogP contribution in [-0.2, 0) is 19.5 Å². The van der Waals surface area contributed by atoms with Crippen molar-refractivity contribution in [2.24, 2.45) is 0 Å². The zero-order valence-electron chi connectivity index (χ0n) is 14.1. The van der Waals surface area contributed by atoms with Crippen LogP contribution in [0.4, 0.5) is 4.39 Å². The Balaban J connectivity index is 1.65. The van der Waals surface area contributed by atoms with Gasteiger partial charge in [-0.25, -0.2) is 12.8 Å². The molecular formula is C17H24FNO5S. The van der Waals surface area contributed by atoms with Crippen LogP contribution >= 0.6 is 0 Å². The van der Waals surface area contributed by atoms with Crippen LogP contribution in [-0.4, -0.2) is 62.4 Å². The topological polar surface area (TPSA) is 76.1 Å². The van der Waals surface area contributed by atoms with Gasteiger partial charge in [-0.2, -0.15) is 4.31 Å². The summed E-state index contributed by atoms with van der Waals surface area (Å²) in [5.41, 5.74) is -0.369. The van der Waals surface area contributed by atoms with E-state index in [9.17, 15) is 12.8 Å². The third kappa shape index (κ3) is 4.20. The van der Waals surface area contributed by atoms with Crippen LogP contribution in [0.25, 0.3) is 0 Å². The Bertz CT molecular complexity index is 688. The number of hydrogen-bond donors (Lipinski definition) is 1. The normalized spacial score (nSPS) is 24.5. The van der Waals surface area contributed by atoms with E-state index in [1.165, 1.54) is 22.5 Å². The highest BCUT2D eigenvalue weighted by Gasteiger charge is 2.43. The van der Waals surface area contributed by atoms with E-state index in [4.69, 9.17) is 14.6 Å². The lowest BCUT2D eigenvalue weighted by Crippen LogP contribution is -2.52. The van der Waals surface area contributed by atoms with Crippen molar-refractivity contribution in [3.63, 3.8) is 0 Å². The molecule has 0 aliphatic carbocycles. The number of nitrogens with zero attached hydrogens (tertiary/aromatic N) is 1. The standard InChI is InChI=1S/C17H24FNO5S/c18-14-2-1-3-16(12-14)25(21,22)19-7-5-17(6-8-19)13-15(4-10-24-17)23-11-9-20/h1-3,12,15,20H,4-11,13H2. The second-order valence-electron chi connectivity index (χ2n) is 6.60. The lowest BCUT2D eigenvalue weighted by atomic mass is 9.84. The number of ether oxygens (including phenoxy) is 2. The summed E-state index contributed by atoms with van der Waals surface area (Å²) in [5, 5.41) is 8.89. The molecule has 1 aromatic rings. The van der Waals surface area contributed by atoms with E-state index in [1.54, 1.807) is 0 Å². The fourth-order valence-electron chi connectivity index (χ4n) is 3.60. The molecular weight excluding hydrogens is 349 g/mol. The first-order valence-electron chi connectivity index (χ1n) is 8.57. The van der Waals surface area contributed by atoms with Crippen molar-refractivity contribution in [2.75, 3.05) is 32.9 Å². The molecule has 25 heavy (non-hydrogen) atoms. The van der Waals surface area contributed by atoms with Gasteiger partial charge in [0, 0.05) is 26.1 Å². The minimum absolute atomic E-state index is 0.00991. The van der Waals surface area contributed by atoms with Crippen LogP contribution in [0.2, 0.25) is 0 Å². The van der Waals surface area contributed by atoms with Crippen LogP contribution in [0.5, 0.6) is 0 Å². The number of rotatable bonds is 5. The van der Waals surface area contributed by atoms with Crippen molar-refractivity contribution >= 4 is 10.0 Å². The molecule has 2 aliphatic rings. The third-order valence-corrected chi connectivity index (χ3v) is 6.85. The number of aliphatic hydroxyl groups is 1. The van der Waals surface area contributed by atoms with Gasteiger partial charge in [0.1, 0.15) is 5.82 Å². The summed E-state index contributed by atoms with van der Waals surface area (Å²) in [5.74, 6) is -0.561. The minimum Gasteiger partial charge on any atom is -0.394 e. The highest BCUT2D eigenvalue weighted by atomic mass is 32.2. The number of piperidine rings is 1. The first-order chi connectivity index (χ1) is 12.0. The number of hydrogen-bond acceptors (Lipinski definition) is 5. The zero-order chi connectivity index (χ0) is 17.9. The Morgan fingerprint density at radius 1 is 1.36 bits per heavy atom. The summed E-state index contributed by atoms with van der Waals surface area (Å²) < 4.78 is 51.7. The van der Waals surface area contributed by atoms with E-state index in [0.29, 0.717) is 45.6 Å². The quantitative estimate of drug-likeness (QED) is 0.847. The fourth-order valence-corrected chi connectivity index (χ4v) is 5.08. The van der Waals surface area contributed by atoms with Gasteiger partial charge in [0.25, 0.3) is 0 Å². The molecule has 2 heterocycles. The molecule has 1 aromatic carbocycles. The Kier molecular flexibility index (Phi) is 5.75. The van der Waals surface area contributed by atoms with E-state index >= 15 is 0 Å². The molecule has 2 fully saturated rings. The van der Waals surface area contributed by atoms with Gasteiger partial charge in [0.15, 0.2) is 0 Å². The number of sulfonamides is 1. The van der Waals surface area contributed by atoms with Crippen LogP contribution < -0.4 is 0 Å². The summed E-state index contributed by atoms with van der Waals surface area (Å²) >= 11 is 0. The first kappa shape index (κ1) is 18.7. The van der Waals surface area contributed by atoms with Crippen molar-refractivity contribution in [1.29, 1.82) is 0 Å². The molecule has 1 unspecified atom stereocenters. The number of benzene rings is 1. The van der Waals surface area contributed by atoms with Gasteiger partial charge < -0.3 is 14.6 Å². The third-order valence-electron chi connectivity index (χ3n) is 4.96. The van der Waals surface area contributed by atoms with Gasteiger partial charge in [-0.15, -0.1) is 0 Å². The first-order valence-corrected chi connectivity index (χ1v) is 10.0. The zero-order valence-corrected chi connectivity index (χ0v) is 14.9. The second-order valence-corrected chi connectivity index (χ2v) is 8.54. The van der Waals surface area contributed by atoms with E-state index in [-0.39, 0.29) is 23.2 Å². The molecule has 0 radical (unpaired) electrons. The molecule has 0 amide bonds. The maximum atomic E-state index is 13.4. The average Bonchev–Trinajstić information content (AvgIpc) is 2.60. The van der Waals surface area contributed by atoms with Crippen LogP contribution in [0.15, 0.2) is 29.2 Å². The van der Waals surface area contributed by atoms with Crippen molar-refractivity contribution in [3.05, 3.63) is 30.1 Å². The summed E-state index contributed by atoms with van der Waals surface area (Å²) in [4.78, 5) is -0.0165.